The Bertz CT molecular complexity index is 620. The van der Waals surface area contributed by atoms with E-state index in [1.807, 2.05) is 56.4 Å². The van der Waals surface area contributed by atoms with Gasteiger partial charge in [-0.3, -0.25) is 4.79 Å². The minimum Gasteiger partial charge on any atom is -0.387 e. The zero-order chi connectivity index (χ0) is 14.5. The fourth-order valence-corrected chi connectivity index (χ4v) is 2.20. The van der Waals surface area contributed by atoms with Crippen LogP contribution in [0.15, 0.2) is 42.5 Å². The van der Waals surface area contributed by atoms with E-state index in [2.05, 4.69) is 17.6 Å². The quantitative estimate of drug-likeness (QED) is 0.884. The van der Waals surface area contributed by atoms with Crippen LogP contribution in [-0.2, 0) is 6.42 Å². The Hall–Kier alpha value is -2.29. The molecule has 1 amide bonds. The molecule has 0 spiro atoms. The second-order valence-corrected chi connectivity index (χ2v) is 4.76. The molecule has 20 heavy (non-hydrogen) atoms. The molecule has 0 saturated carbocycles. The van der Waals surface area contributed by atoms with Crippen LogP contribution in [0.5, 0.6) is 0 Å². The third kappa shape index (κ3) is 2.99. The van der Waals surface area contributed by atoms with Gasteiger partial charge in [0.1, 0.15) is 0 Å². The molecule has 0 aromatic heterocycles. The van der Waals surface area contributed by atoms with Gasteiger partial charge in [0, 0.05) is 18.4 Å². The van der Waals surface area contributed by atoms with Gasteiger partial charge in [-0.15, -0.1) is 0 Å². The molecule has 0 aliphatic heterocycles. The number of carbonyl (C=O) groups is 1. The molecule has 0 bridgehead atoms. The van der Waals surface area contributed by atoms with Crippen molar-refractivity contribution in [3.8, 4) is 0 Å². The lowest BCUT2D eigenvalue weighted by Crippen LogP contribution is -2.15. The fourth-order valence-electron chi connectivity index (χ4n) is 2.20. The molecule has 2 N–H and O–H groups in total. The molecule has 104 valence electrons. The van der Waals surface area contributed by atoms with Crippen molar-refractivity contribution in [3.05, 3.63) is 59.2 Å². The SMILES string of the molecule is CCc1ccccc1NC(=O)c1cc(C)ccc1NC. The highest BCUT2D eigenvalue weighted by Crippen LogP contribution is 2.21. The van der Waals surface area contributed by atoms with E-state index < -0.39 is 0 Å². The van der Waals surface area contributed by atoms with Crippen molar-refractivity contribution in [3.63, 3.8) is 0 Å². The Balaban J connectivity index is 2.30. The number of aryl methyl sites for hydroxylation is 2. The van der Waals surface area contributed by atoms with E-state index in [9.17, 15) is 4.79 Å². The van der Waals surface area contributed by atoms with Crippen LogP contribution in [0.4, 0.5) is 11.4 Å². The van der Waals surface area contributed by atoms with Crippen molar-refractivity contribution in [1.29, 1.82) is 0 Å². The van der Waals surface area contributed by atoms with Crippen molar-refractivity contribution < 1.29 is 4.79 Å². The molecule has 3 heteroatoms. The first kappa shape index (κ1) is 14.1. The van der Waals surface area contributed by atoms with Crippen molar-refractivity contribution in [1.82, 2.24) is 0 Å². The van der Waals surface area contributed by atoms with Gasteiger partial charge in [-0.25, -0.2) is 0 Å². The topological polar surface area (TPSA) is 41.1 Å². The standard InChI is InChI=1S/C17H20N2O/c1-4-13-7-5-6-8-15(13)19-17(20)14-11-12(2)9-10-16(14)18-3/h5-11,18H,4H2,1-3H3,(H,19,20). The molecule has 3 nitrogen and oxygen atoms in total. The summed E-state index contributed by atoms with van der Waals surface area (Å²) in [6, 6.07) is 13.7. The molecule has 2 aromatic rings. The summed E-state index contributed by atoms with van der Waals surface area (Å²) < 4.78 is 0. The lowest BCUT2D eigenvalue weighted by atomic mass is 10.1. The van der Waals surface area contributed by atoms with Crippen LogP contribution in [-0.4, -0.2) is 13.0 Å². The number of hydrogen-bond acceptors (Lipinski definition) is 2. The summed E-state index contributed by atoms with van der Waals surface area (Å²) in [6.45, 7) is 4.06. The van der Waals surface area contributed by atoms with Gasteiger partial charge in [-0.1, -0.05) is 36.8 Å². The van der Waals surface area contributed by atoms with Gasteiger partial charge >= 0.3 is 0 Å². The van der Waals surface area contributed by atoms with Crippen LogP contribution >= 0.6 is 0 Å². The van der Waals surface area contributed by atoms with Gasteiger partial charge in [-0.05, 0) is 37.1 Å². The largest absolute Gasteiger partial charge is 0.387 e. The van der Waals surface area contributed by atoms with Crippen LogP contribution < -0.4 is 10.6 Å². The number of nitrogens with one attached hydrogen (secondary N) is 2. The van der Waals surface area contributed by atoms with Gasteiger partial charge in [0.2, 0.25) is 0 Å². The van der Waals surface area contributed by atoms with E-state index in [1.54, 1.807) is 0 Å². The molecule has 0 atom stereocenters. The maximum Gasteiger partial charge on any atom is 0.257 e. The monoisotopic (exact) mass is 268 g/mol. The number of hydrogen-bond donors (Lipinski definition) is 2. The first-order chi connectivity index (χ1) is 9.65. The van der Waals surface area contributed by atoms with Gasteiger partial charge in [0.05, 0.1) is 5.56 Å². The van der Waals surface area contributed by atoms with Crippen molar-refractivity contribution in [2.75, 3.05) is 17.7 Å². The number of amides is 1. The Morgan fingerprint density at radius 3 is 2.55 bits per heavy atom. The van der Waals surface area contributed by atoms with Crippen molar-refractivity contribution in [2.45, 2.75) is 20.3 Å². The summed E-state index contributed by atoms with van der Waals surface area (Å²) in [7, 11) is 1.82. The minimum absolute atomic E-state index is 0.0843. The molecule has 0 unspecified atom stereocenters. The summed E-state index contributed by atoms with van der Waals surface area (Å²) in [6.07, 6.45) is 0.892. The van der Waals surface area contributed by atoms with Crippen molar-refractivity contribution in [2.24, 2.45) is 0 Å². The average Bonchev–Trinajstić information content (AvgIpc) is 2.47. The van der Waals surface area contributed by atoms with E-state index in [1.165, 1.54) is 0 Å². The van der Waals surface area contributed by atoms with Gasteiger partial charge in [0.25, 0.3) is 5.91 Å². The molecule has 2 rings (SSSR count). The van der Waals surface area contributed by atoms with E-state index in [4.69, 9.17) is 0 Å². The molecule has 0 aliphatic carbocycles. The number of benzene rings is 2. The highest BCUT2D eigenvalue weighted by atomic mass is 16.1. The predicted molar refractivity (Wildman–Crippen MR) is 84.5 cm³/mol. The predicted octanol–water partition coefficient (Wildman–Crippen LogP) is 3.85. The van der Waals surface area contributed by atoms with Crippen LogP contribution in [0.2, 0.25) is 0 Å². The zero-order valence-electron chi connectivity index (χ0n) is 12.2. The molecule has 0 saturated heterocycles. The smallest absolute Gasteiger partial charge is 0.257 e. The molecule has 0 aliphatic rings. The third-order valence-electron chi connectivity index (χ3n) is 3.34. The van der Waals surface area contributed by atoms with Gasteiger partial charge < -0.3 is 10.6 Å². The summed E-state index contributed by atoms with van der Waals surface area (Å²) in [5.74, 6) is -0.0843. The lowest BCUT2D eigenvalue weighted by molar-refractivity contribution is 0.102. The third-order valence-corrected chi connectivity index (χ3v) is 3.34. The Labute approximate surface area is 120 Å². The molecule has 0 heterocycles. The van der Waals surface area contributed by atoms with E-state index in [0.717, 1.165) is 28.9 Å². The molecular formula is C17H20N2O. The van der Waals surface area contributed by atoms with Crippen LogP contribution in [0, 0.1) is 6.92 Å². The highest BCUT2D eigenvalue weighted by molar-refractivity contribution is 6.08. The molecule has 0 fully saturated rings. The highest BCUT2D eigenvalue weighted by Gasteiger charge is 2.12. The number of rotatable bonds is 4. The second kappa shape index (κ2) is 6.24. The van der Waals surface area contributed by atoms with Crippen LogP contribution in [0.3, 0.4) is 0 Å². The summed E-state index contributed by atoms with van der Waals surface area (Å²) in [5.41, 5.74) is 4.58. The van der Waals surface area contributed by atoms with Gasteiger partial charge in [-0.2, -0.15) is 0 Å². The molecule has 0 radical (unpaired) electrons. The maximum absolute atomic E-state index is 12.5. The van der Waals surface area contributed by atoms with E-state index in [0.29, 0.717) is 5.56 Å². The maximum atomic E-state index is 12.5. The molecule has 2 aromatic carbocycles. The number of carbonyl (C=O) groups excluding carboxylic acids is 1. The summed E-state index contributed by atoms with van der Waals surface area (Å²) >= 11 is 0. The zero-order valence-corrected chi connectivity index (χ0v) is 12.2. The molecular weight excluding hydrogens is 248 g/mol. The first-order valence-corrected chi connectivity index (χ1v) is 6.83. The lowest BCUT2D eigenvalue weighted by Gasteiger charge is -2.13. The normalized spacial score (nSPS) is 10.2. The van der Waals surface area contributed by atoms with E-state index in [-0.39, 0.29) is 5.91 Å². The average molecular weight is 268 g/mol. The van der Waals surface area contributed by atoms with Crippen molar-refractivity contribution >= 4 is 17.3 Å². The number of anilines is 2. The van der Waals surface area contributed by atoms with Crippen LogP contribution in [0.1, 0.15) is 28.4 Å². The first-order valence-electron chi connectivity index (χ1n) is 6.83. The Morgan fingerprint density at radius 2 is 1.85 bits per heavy atom. The number of para-hydroxylation sites is 1. The van der Waals surface area contributed by atoms with Crippen LogP contribution in [0.25, 0.3) is 0 Å². The minimum atomic E-state index is -0.0843. The summed E-state index contributed by atoms with van der Waals surface area (Å²) in [5, 5.41) is 6.06. The van der Waals surface area contributed by atoms with E-state index >= 15 is 0 Å². The fraction of sp³-hybridized carbons (Fsp3) is 0.235. The van der Waals surface area contributed by atoms with Gasteiger partial charge in [0.15, 0.2) is 0 Å². The Morgan fingerprint density at radius 1 is 1.10 bits per heavy atom. The Kier molecular flexibility index (Phi) is 4.41. The second-order valence-electron chi connectivity index (χ2n) is 4.76. The summed E-state index contributed by atoms with van der Waals surface area (Å²) in [4.78, 5) is 12.5.